The van der Waals surface area contributed by atoms with Crippen LogP contribution in [0.1, 0.15) is 5.56 Å². The van der Waals surface area contributed by atoms with Gasteiger partial charge in [-0.3, -0.25) is 4.57 Å². The summed E-state index contributed by atoms with van der Waals surface area (Å²) >= 11 is -2.05. The molecule has 0 saturated heterocycles. The monoisotopic (exact) mass is 236 g/mol. The highest BCUT2D eigenvalue weighted by atomic mass is 32.2. The molecule has 0 saturated carbocycles. The molecule has 0 radical (unpaired) electrons. The molecule has 0 heterocycles. The molecular weight excluding hydrogens is 227 g/mol. The molecule has 0 fully saturated rings. The van der Waals surface area contributed by atoms with E-state index in [0.717, 1.165) is 0 Å². The van der Waals surface area contributed by atoms with Crippen LogP contribution in [0, 0.1) is 0 Å². The van der Waals surface area contributed by atoms with E-state index >= 15 is 0 Å². The van der Waals surface area contributed by atoms with Crippen LogP contribution in [-0.2, 0) is 21.8 Å². The number of rotatable bonds is 3. The van der Waals surface area contributed by atoms with Gasteiger partial charge in [0.1, 0.15) is 0 Å². The highest BCUT2D eigenvalue weighted by Gasteiger charge is 2.13. The Hall–Kier alpha value is -0.520. The molecule has 0 aromatic heterocycles. The lowest BCUT2D eigenvalue weighted by molar-refractivity contribution is 0.371. The summed E-state index contributed by atoms with van der Waals surface area (Å²) in [5, 5.41) is 0. The van der Waals surface area contributed by atoms with Crippen molar-refractivity contribution in [3.63, 3.8) is 0 Å². The normalized spacial score (nSPS) is 13.9. The van der Waals surface area contributed by atoms with Crippen molar-refractivity contribution in [2.45, 2.75) is 11.1 Å². The first-order chi connectivity index (χ1) is 6.38. The minimum atomic E-state index is -4.06. The molecule has 1 atom stereocenters. The minimum Gasteiger partial charge on any atom is -0.324 e. The van der Waals surface area contributed by atoms with E-state index in [9.17, 15) is 8.77 Å². The molecule has 0 aliphatic heterocycles. The molecule has 78 valence electrons. The van der Waals surface area contributed by atoms with E-state index in [1.807, 2.05) is 0 Å². The molecule has 0 aliphatic rings. The summed E-state index contributed by atoms with van der Waals surface area (Å²) in [7, 11) is -4.06. The topological polar surface area (TPSA) is 94.8 Å². The quantitative estimate of drug-likeness (QED) is 0.536. The summed E-state index contributed by atoms with van der Waals surface area (Å²) in [6, 6.07) is 5.56. The SMILES string of the molecule is O=S(O)c1ccc(CP(=O)(O)O)cc1. The number of hydrogen-bond donors (Lipinski definition) is 3. The molecule has 3 N–H and O–H groups in total. The molecule has 1 unspecified atom stereocenters. The standard InChI is InChI=1S/C7H9O5PS/c8-13(9,10)5-6-1-3-7(4-2-6)14(11)12/h1-4H,5H2,(H,11,12)(H2,8,9,10). The fourth-order valence-corrected chi connectivity index (χ4v) is 2.00. The van der Waals surface area contributed by atoms with Crippen molar-refractivity contribution in [3.05, 3.63) is 29.8 Å². The second kappa shape index (κ2) is 4.33. The highest BCUT2D eigenvalue weighted by molar-refractivity contribution is 7.79. The van der Waals surface area contributed by atoms with Crippen LogP contribution in [0.15, 0.2) is 29.2 Å². The summed E-state index contributed by atoms with van der Waals surface area (Å²) < 4.78 is 29.8. The van der Waals surface area contributed by atoms with Crippen LogP contribution in [0.25, 0.3) is 0 Å². The molecule has 0 aliphatic carbocycles. The van der Waals surface area contributed by atoms with Crippen molar-refractivity contribution in [3.8, 4) is 0 Å². The Kier molecular flexibility index (Phi) is 3.58. The van der Waals surface area contributed by atoms with Gasteiger partial charge in [0.05, 0.1) is 11.1 Å². The summed E-state index contributed by atoms with van der Waals surface area (Å²) in [5.41, 5.74) is 0.438. The number of benzene rings is 1. The first-order valence-corrected chi connectivity index (χ1v) is 6.53. The molecule has 0 amide bonds. The molecule has 1 rings (SSSR count). The van der Waals surface area contributed by atoms with Gasteiger partial charge in [0.25, 0.3) is 0 Å². The lowest BCUT2D eigenvalue weighted by Gasteiger charge is -2.03. The van der Waals surface area contributed by atoms with Gasteiger partial charge >= 0.3 is 7.60 Å². The third kappa shape index (κ3) is 3.69. The second-order valence-electron chi connectivity index (χ2n) is 2.72. The minimum absolute atomic E-state index is 0.208. The Bertz CT molecular complexity index is 382. The van der Waals surface area contributed by atoms with E-state index in [1.165, 1.54) is 24.3 Å². The molecule has 0 spiro atoms. The molecule has 1 aromatic carbocycles. The first-order valence-electron chi connectivity index (χ1n) is 3.63. The molecule has 7 heteroatoms. The van der Waals surface area contributed by atoms with Crippen LogP contribution >= 0.6 is 7.60 Å². The lowest BCUT2D eigenvalue weighted by Crippen LogP contribution is -1.90. The lowest BCUT2D eigenvalue weighted by atomic mass is 10.2. The van der Waals surface area contributed by atoms with E-state index in [2.05, 4.69) is 0 Å². The van der Waals surface area contributed by atoms with E-state index in [4.69, 9.17) is 14.3 Å². The van der Waals surface area contributed by atoms with Crippen molar-refractivity contribution in [1.29, 1.82) is 0 Å². The Labute approximate surface area is 83.2 Å². The van der Waals surface area contributed by atoms with Crippen LogP contribution in [0.2, 0.25) is 0 Å². The third-order valence-corrected chi connectivity index (χ3v) is 2.97. The van der Waals surface area contributed by atoms with Gasteiger partial charge in [-0.1, -0.05) is 12.1 Å². The van der Waals surface area contributed by atoms with Crippen LogP contribution in [0.4, 0.5) is 0 Å². The van der Waals surface area contributed by atoms with Crippen molar-refractivity contribution in [2.75, 3.05) is 0 Å². The maximum atomic E-state index is 10.6. The predicted molar refractivity (Wildman–Crippen MR) is 51.2 cm³/mol. The van der Waals surface area contributed by atoms with E-state index in [1.54, 1.807) is 0 Å². The average Bonchev–Trinajstić information content (AvgIpc) is 2.02. The second-order valence-corrected chi connectivity index (χ2v) is 5.33. The largest absolute Gasteiger partial charge is 0.329 e. The van der Waals surface area contributed by atoms with Crippen molar-refractivity contribution in [2.24, 2.45) is 0 Å². The molecule has 1 aromatic rings. The van der Waals surface area contributed by atoms with Gasteiger partial charge < -0.3 is 14.3 Å². The maximum absolute atomic E-state index is 10.6. The maximum Gasteiger partial charge on any atom is 0.329 e. The van der Waals surface area contributed by atoms with Crippen LogP contribution in [0.3, 0.4) is 0 Å². The summed E-state index contributed by atoms with van der Waals surface area (Å²) in [4.78, 5) is 17.5. The fraction of sp³-hybridized carbons (Fsp3) is 0.143. The zero-order valence-corrected chi connectivity index (χ0v) is 8.74. The van der Waals surface area contributed by atoms with Crippen molar-refractivity contribution < 1.29 is 23.1 Å². The van der Waals surface area contributed by atoms with Gasteiger partial charge in [0.2, 0.25) is 0 Å². The molecule has 0 bridgehead atoms. The van der Waals surface area contributed by atoms with Gasteiger partial charge in [-0.25, -0.2) is 4.21 Å². The van der Waals surface area contributed by atoms with Crippen LogP contribution in [0.5, 0.6) is 0 Å². The summed E-state index contributed by atoms with van der Waals surface area (Å²) in [5.74, 6) is 0. The van der Waals surface area contributed by atoms with E-state index < -0.39 is 18.7 Å². The van der Waals surface area contributed by atoms with Crippen molar-refractivity contribution in [1.82, 2.24) is 0 Å². The zero-order chi connectivity index (χ0) is 10.8. The molecule has 14 heavy (non-hydrogen) atoms. The van der Waals surface area contributed by atoms with E-state index in [-0.39, 0.29) is 11.1 Å². The predicted octanol–water partition coefficient (Wildman–Crippen LogP) is 0.945. The number of hydrogen-bond acceptors (Lipinski definition) is 2. The van der Waals surface area contributed by atoms with Crippen LogP contribution in [-0.4, -0.2) is 18.5 Å². The van der Waals surface area contributed by atoms with Gasteiger partial charge in [-0.15, -0.1) is 0 Å². The third-order valence-electron chi connectivity index (χ3n) is 1.51. The van der Waals surface area contributed by atoms with Crippen LogP contribution < -0.4 is 0 Å². The Morgan fingerprint density at radius 1 is 1.21 bits per heavy atom. The van der Waals surface area contributed by atoms with Gasteiger partial charge in [-0.2, -0.15) is 0 Å². The summed E-state index contributed by atoms with van der Waals surface area (Å²) in [6.07, 6.45) is -0.356. The molecular formula is C7H9O5PS. The van der Waals surface area contributed by atoms with Gasteiger partial charge in [0, 0.05) is 0 Å². The average molecular weight is 236 g/mol. The summed E-state index contributed by atoms with van der Waals surface area (Å²) in [6.45, 7) is 0. The Morgan fingerprint density at radius 3 is 2.07 bits per heavy atom. The fourth-order valence-electron chi connectivity index (χ4n) is 0.949. The first kappa shape index (κ1) is 11.6. The van der Waals surface area contributed by atoms with Gasteiger partial charge in [-0.05, 0) is 17.7 Å². The Morgan fingerprint density at radius 2 is 1.71 bits per heavy atom. The molecule has 5 nitrogen and oxygen atoms in total. The van der Waals surface area contributed by atoms with E-state index in [0.29, 0.717) is 5.56 Å². The smallest absolute Gasteiger partial charge is 0.324 e. The Balaban J connectivity index is 2.84. The van der Waals surface area contributed by atoms with Crippen molar-refractivity contribution >= 4 is 18.7 Å². The highest BCUT2D eigenvalue weighted by Crippen LogP contribution is 2.38. The zero-order valence-electron chi connectivity index (χ0n) is 7.03. The van der Waals surface area contributed by atoms with Gasteiger partial charge in [0.15, 0.2) is 11.1 Å².